The van der Waals surface area contributed by atoms with Gasteiger partial charge < -0.3 is 24.4 Å². The van der Waals surface area contributed by atoms with Crippen molar-refractivity contribution in [3.63, 3.8) is 0 Å². The summed E-state index contributed by atoms with van der Waals surface area (Å²) in [5.41, 5.74) is 0. The molecule has 9 unspecified atom stereocenters. The van der Waals surface area contributed by atoms with Gasteiger partial charge in [0.2, 0.25) is 0 Å². The first-order valence-electron chi connectivity index (χ1n) is 8.04. The minimum atomic E-state index is -0.746. The molecule has 0 aliphatic carbocycles. The second-order valence-corrected chi connectivity index (χ2v) is 6.67. The summed E-state index contributed by atoms with van der Waals surface area (Å²) in [5, 5.41) is 29.1. The van der Waals surface area contributed by atoms with Gasteiger partial charge in [-0.3, -0.25) is 0 Å². The molecular weight excluding hydrogens is 286 g/mol. The van der Waals surface area contributed by atoms with E-state index >= 15 is 0 Å². The Morgan fingerprint density at radius 3 is 2.45 bits per heavy atom. The highest BCUT2D eigenvalue weighted by molar-refractivity contribution is 4.99. The van der Waals surface area contributed by atoms with E-state index in [-0.39, 0.29) is 36.6 Å². The van der Waals surface area contributed by atoms with Crippen LogP contribution in [-0.4, -0.2) is 53.6 Å². The highest BCUT2D eigenvalue weighted by atomic mass is 16.7. The molecule has 0 amide bonds. The zero-order chi connectivity index (χ0) is 16.4. The van der Waals surface area contributed by atoms with Crippen LogP contribution in [0.15, 0.2) is 0 Å². The van der Waals surface area contributed by atoms with Gasteiger partial charge in [-0.2, -0.15) is 5.26 Å². The van der Waals surface area contributed by atoms with Crippen LogP contribution in [-0.2, 0) is 14.2 Å². The van der Waals surface area contributed by atoms with E-state index in [0.717, 1.165) is 0 Å². The van der Waals surface area contributed by atoms with E-state index in [1.807, 2.05) is 27.7 Å². The summed E-state index contributed by atoms with van der Waals surface area (Å²) in [4.78, 5) is 0. The first kappa shape index (κ1) is 17.6. The van der Waals surface area contributed by atoms with Gasteiger partial charge in [0, 0.05) is 5.92 Å². The molecule has 0 bridgehead atoms. The average Bonchev–Trinajstić information content (AvgIpc) is 2.47. The minimum absolute atomic E-state index is 0.00789. The Kier molecular flexibility index (Phi) is 5.81. The maximum absolute atomic E-state index is 10.2. The number of ether oxygens (including phenoxy) is 3. The molecule has 2 heterocycles. The second kappa shape index (κ2) is 7.24. The van der Waals surface area contributed by atoms with Crippen LogP contribution in [0.25, 0.3) is 0 Å². The van der Waals surface area contributed by atoms with Crippen LogP contribution in [0.1, 0.15) is 34.1 Å². The third-order valence-corrected chi connectivity index (χ3v) is 5.04. The van der Waals surface area contributed by atoms with Crippen molar-refractivity contribution >= 4 is 0 Å². The van der Waals surface area contributed by atoms with Gasteiger partial charge in [0.25, 0.3) is 0 Å². The molecule has 6 nitrogen and oxygen atoms in total. The number of nitriles is 1. The molecule has 0 aromatic heterocycles. The first-order chi connectivity index (χ1) is 10.4. The van der Waals surface area contributed by atoms with Crippen molar-refractivity contribution in [1.82, 2.24) is 0 Å². The summed E-state index contributed by atoms with van der Waals surface area (Å²) in [7, 11) is 0. The highest BCUT2D eigenvalue weighted by Crippen LogP contribution is 2.35. The molecule has 2 rings (SSSR count). The Morgan fingerprint density at radius 2 is 1.86 bits per heavy atom. The lowest BCUT2D eigenvalue weighted by Crippen LogP contribution is -2.55. The smallest absolute Gasteiger partial charge is 0.184 e. The third-order valence-electron chi connectivity index (χ3n) is 5.04. The summed E-state index contributed by atoms with van der Waals surface area (Å²) in [6.45, 7) is 7.55. The minimum Gasteiger partial charge on any atom is -0.394 e. The maximum Gasteiger partial charge on any atom is 0.184 e. The van der Waals surface area contributed by atoms with Crippen LogP contribution in [0.2, 0.25) is 0 Å². The van der Waals surface area contributed by atoms with E-state index < -0.39 is 24.6 Å². The van der Waals surface area contributed by atoms with Crippen molar-refractivity contribution in [2.45, 2.75) is 70.9 Å². The molecule has 9 atom stereocenters. The van der Waals surface area contributed by atoms with Crippen molar-refractivity contribution in [1.29, 1.82) is 5.26 Å². The molecule has 126 valence electrons. The Bertz CT molecular complexity index is 412. The van der Waals surface area contributed by atoms with Crippen LogP contribution in [0, 0.1) is 29.1 Å². The van der Waals surface area contributed by atoms with Gasteiger partial charge in [-0.1, -0.05) is 13.8 Å². The van der Waals surface area contributed by atoms with E-state index in [2.05, 4.69) is 6.07 Å². The number of aliphatic hydroxyl groups is 2. The highest BCUT2D eigenvalue weighted by Gasteiger charge is 2.45. The van der Waals surface area contributed by atoms with Crippen LogP contribution in [0.5, 0.6) is 0 Å². The standard InChI is InChI=1S/C16H27NO5/c1-8-5-13(19)16(21-10(8)3)22-15-9(2)12(6-17)11(4)20-14(15)7-18/h8-16,18-19H,5,7H2,1-4H3. The number of aliphatic hydroxyl groups excluding tert-OH is 2. The quantitative estimate of drug-likeness (QED) is 0.809. The fourth-order valence-electron chi connectivity index (χ4n) is 3.39. The number of hydrogen-bond donors (Lipinski definition) is 2. The summed E-state index contributed by atoms with van der Waals surface area (Å²) < 4.78 is 17.4. The zero-order valence-corrected chi connectivity index (χ0v) is 13.7. The molecular formula is C16H27NO5. The van der Waals surface area contributed by atoms with Gasteiger partial charge in [0.05, 0.1) is 36.9 Å². The molecule has 22 heavy (non-hydrogen) atoms. The summed E-state index contributed by atoms with van der Waals surface area (Å²) in [6, 6.07) is 2.25. The van der Waals surface area contributed by atoms with Crippen LogP contribution in [0.3, 0.4) is 0 Å². The largest absolute Gasteiger partial charge is 0.394 e. The fraction of sp³-hybridized carbons (Fsp3) is 0.938. The lowest BCUT2D eigenvalue weighted by Gasteiger charge is -2.45. The summed E-state index contributed by atoms with van der Waals surface area (Å²) in [5.74, 6) is -0.170. The van der Waals surface area contributed by atoms with Gasteiger partial charge >= 0.3 is 0 Å². The van der Waals surface area contributed by atoms with Crippen LogP contribution >= 0.6 is 0 Å². The van der Waals surface area contributed by atoms with Crippen LogP contribution < -0.4 is 0 Å². The normalized spacial score (nSPS) is 49.6. The molecule has 2 aliphatic rings. The van der Waals surface area contributed by atoms with Crippen molar-refractivity contribution in [3.8, 4) is 6.07 Å². The van der Waals surface area contributed by atoms with Crippen LogP contribution in [0.4, 0.5) is 0 Å². The Labute approximate surface area is 132 Å². The predicted octanol–water partition coefficient (Wildman–Crippen LogP) is 1.06. The Morgan fingerprint density at radius 1 is 1.18 bits per heavy atom. The number of nitrogens with zero attached hydrogens (tertiary/aromatic N) is 1. The molecule has 0 aromatic rings. The average molecular weight is 313 g/mol. The molecule has 0 saturated carbocycles. The van der Waals surface area contributed by atoms with E-state index in [9.17, 15) is 15.5 Å². The fourth-order valence-corrected chi connectivity index (χ4v) is 3.39. The molecule has 0 radical (unpaired) electrons. The lowest BCUT2D eigenvalue weighted by molar-refractivity contribution is -0.300. The van der Waals surface area contributed by atoms with E-state index in [0.29, 0.717) is 6.42 Å². The molecule has 2 aliphatic heterocycles. The van der Waals surface area contributed by atoms with Crippen molar-refractivity contribution < 1.29 is 24.4 Å². The van der Waals surface area contributed by atoms with Gasteiger partial charge in [-0.05, 0) is 26.2 Å². The van der Waals surface area contributed by atoms with Gasteiger partial charge in [0.1, 0.15) is 12.2 Å². The van der Waals surface area contributed by atoms with E-state index in [4.69, 9.17) is 14.2 Å². The molecule has 2 saturated heterocycles. The molecule has 0 aromatic carbocycles. The molecule has 2 N–H and O–H groups in total. The monoisotopic (exact) mass is 313 g/mol. The molecule has 2 fully saturated rings. The Balaban J connectivity index is 2.10. The maximum atomic E-state index is 10.2. The predicted molar refractivity (Wildman–Crippen MR) is 78.7 cm³/mol. The number of rotatable bonds is 3. The van der Waals surface area contributed by atoms with E-state index in [1.165, 1.54) is 0 Å². The Hall–Kier alpha value is -0.710. The van der Waals surface area contributed by atoms with E-state index in [1.54, 1.807) is 0 Å². The van der Waals surface area contributed by atoms with Gasteiger partial charge in [0.15, 0.2) is 6.29 Å². The third kappa shape index (κ3) is 3.44. The summed E-state index contributed by atoms with van der Waals surface area (Å²) >= 11 is 0. The molecule has 0 spiro atoms. The second-order valence-electron chi connectivity index (χ2n) is 6.67. The zero-order valence-electron chi connectivity index (χ0n) is 13.7. The SMILES string of the molecule is CC1CC(O)C(OC2C(CO)OC(C)C(C#N)C2C)OC1C. The van der Waals surface area contributed by atoms with Gasteiger partial charge in [-0.25, -0.2) is 0 Å². The number of hydrogen-bond acceptors (Lipinski definition) is 6. The van der Waals surface area contributed by atoms with Crippen molar-refractivity contribution in [2.24, 2.45) is 17.8 Å². The first-order valence-corrected chi connectivity index (χ1v) is 8.04. The van der Waals surface area contributed by atoms with Crippen molar-refractivity contribution in [2.75, 3.05) is 6.61 Å². The summed E-state index contributed by atoms with van der Waals surface area (Å²) in [6.07, 6.45) is -2.11. The lowest BCUT2D eigenvalue weighted by atomic mass is 9.81. The molecule has 6 heteroatoms. The topological polar surface area (TPSA) is 91.9 Å². The van der Waals surface area contributed by atoms with Gasteiger partial charge in [-0.15, -0.1) is 0 Å². The van der Waals surface area contributed by atoms with Crippen molar-refractivity contribution in [3.05, 3.63) is 0 Å².